The van der Waals surface area contributed by atoms with Gasteiger partial charge in [0.2, 0.25) is 0 Å². The summed E-state index contributed by atoms with van der Waals surface area (Å²) in [6.07, 6.45) is 9.58. The van der Waals surface area contributed by atoms with Crippen LogP contribution < -0.4 is 11.1 Å². The summed E-state index contributed by atoms with van der Waals surface area (Å²) in [5.41, 5.74) is 9.10. The van der Waals surface area contributed by atoms with Crippen molar-refractivity contribution in [1.29, 1.82) is 0 Å². The van der Waals surface area contributed by atoms with E-state index in [1.807, 2.05) is 44.2 Å². The van der Waals surface area contributed by atoms with Crippen molar-refractivity contribution in [2.24, 2.45) is 5.73 Å². The van der Waals surface area contributed by atoms with Crippen molar-refractivity contribution in [1.82, 2.24) is 14.8 Å². The van der Waals surface area contributed by atoms with E-state index in [9.17, 15) is 4.79 Å². The van der Waals surface area contributed by atoms with E-state index in [0.29, 0.717) is 5.03 Å². The number of allylic oxidation sites excluding steroid dienone is 4. The second-order valence-electron chi connectivity index (χ2n) is 8.47. The summed E-state index contributed by atoms with van der Waals surface area (Å²) < 4.78 is 2.14. The van der Waals surface area contributed by atoms with E-state index < -0.39 is 0 Å². The van der Waals surface area contributed by atoms with Gasteiger partial charge in [0.1, 0.15) is 5.69 Å². The van der Waals surface area contributed by atoms with Crippen LogP contribution in [0.3, 0.4) is 0 Å². The highest BCUT2D eigenvalue weighted by molar-refractivity contribution is 6.30. The van der Waals surface area contributed by atoms with Crippen molar-refractivity contribution in [2.75, 3.05) is 13.1 Å². The van der Waals surface area contributed by atoms with Crippen molar-refractivity contribution < 1.29 is 4.79 Å². The molecule has 5 nitrogen and oxygen atoms in total. The molecule has 3 rings (SSSR count). The fourth-order valence-electron chi connectivity index (χ4n) is 4.49. The summed E-state index contributed by atoms with van der Waals surface area (Å²) in [5, 5.41) is 4.90. The first kappa shape index (κ1) is 27.5. The van der Waals surface area contributed by atoms with E-state index in [1.54, 1.807) is 0 Å². The van der Waals surface area contributed by atoms with Crippen LogP contribution in [0.15, 0.2) is 79.0 Å². The Morgan fingerprint density at radius 2 is 1.97 bits per heavy atom. The van der Waals surface area contributed by atoms with Gasteiger partial charge in [-0.3, -0.25) is 4.79 Å². The zero-order valence-corrected chi connectivity index (χ0v) is 21.4. The highest BCUT2D eigenvalue weighted by Gasteiger charge is 2.24. The summed E-state index contributed by atoms with van der Waals surface area (Å²) in [4.78, 5) is 15.6. The van der Waals surface area contributed by atoms with Crippen LogP contribution >= 0.6 is 11.6 Å². The molecular formula is C28H39ClN4O. The average Bonchev–Trinajstić information content (AvgIpc) is 3.20. The molecule has 1 fully saturated rings. The number of carbonyl (C=O) groups is 1. The SMILES string of the molecule is C=C.C=C(Cl)/C=C\CCCn1c(C(=O)NC2CCN(/C(=C/C)C(C)N)CC2)cc2ccccc21. The summed E-state index contributed by atoms with van der Waals surface area (Å²) in [7, 11) is 0. The predicted molar refractivity (Wildman–Crippen MR) is 146 cm³/mol. The number of halogens is 1. The summed E-state index contributed by atoms with van der Waals surface area (Å²) in [5.74, 6) is 0.00257. The number of carbonyl (C=O) groups excluding carboxylic acids is 1. The molecule has 1 aliphatic heterocycles. The van der Waals surface area contributed by atoms with E-state index in [4.69, 9.17) is 17.3 Å². The van der Waals surface area contributed by atoms with Gasteiger partial charge in [-0.05, 0) is 57.7 Å². The molecule has 1 aliphatic rings. The van der Waals surface area contributed by atoms with Gasteiger partial charge in [0.25, 0.3) is 5.91 Å². The molecule has 6 heteroatoms. The lowest BCUT2D eigenvalue weighted by Gasteiger charge is -2.36. The summed E-state index contributed by atoms with van der Waals surface area (Å²) in [6, 6.07) is 10.4. The Balaban J connectivity index is 0.00000199. The van der Waals surface area contributed by atoms with E-state index in [2.05, 4.69) is 52.7 Å². The Morgan fingerprint density at radius 1 is 1.29 bits per heavy atom. The molecule has 0 saturated carbocycles. The largest absolute Gasteiger partial charge is 0.374 e. The molecule has 0 radical (unpaired) electrons. The van der Waals surface area contributed by atoms with Crippen molar-refractivity contribution in [3.05, 3.63) is 84.7 Å². The second-order valence-corrected chi connectivity index (χ2v) is 8.95. The number of hydrogen-bond acceptors (Lipinski definition) is 3. The van der Waals surface area contributed by atoms with Gasteiger partial charge in [-0.25, -0.2) is 0 Å². The first-order valence-corrected chi connectivity index (χ1v) is 12.3. The van der Waals surface area contributed by atoms with Crippen LogP contribution in [-0.4, -0.2) is 40.5 Å². The Labute approximate surface area is 209 Å². The molecule has 34 heavy (non-hydrogen) atoms. The highest BCUT2D eigenvalue weighted by Crippen LogP contribution is 2.22. The molecule has 184 valence electrons. The number of unbranched alkanes of at least 4 members (excludes halogenated alkanes) is 1. The van der Waals surface area contributed by atoms with Crippen LogP contribution in [0.2, 0.25) is 0 Å². The Bertz CT molecular complexity index is 1010. The van der Waals surface area contributed by atoms with E-state index in [-0.39, 0.29) is 18.0 Å². The Hall–Kier alpha value is -2.76. The maximum atomic E-state index is 13.2. The van der Waals surface area contributed by atoms with Gasteiger partial charge in [-0.15, -0.1) is 13.2 Å². The molecule has 0 aliphatic carbocycles. The van der Waals surface area contributed by atoms with E-state index >= 15 is 0 Å². The maximum absolute atomic E-state index is 13.2. The third-order valence-corrected chi connectivity index (χ3v) is 6.18. The number of nitrogens with one attached hydrogen (secondary N) is 1. The van der Waals surface area contributed by atoms with Gasteiger partial charge in [0.15, 0.2) is 0 Å². The van der Waals surface area contributed by atoms with Crippen LogP contribution in [-0.2, 0) is 6.54 Å². The quantitative estimate of drug-likeness (QED) is 0.262. The van der Waals surface area contributed by atoms with Crippen molar-refractivity contribution in [2.45, 2.75) is 58.2 Å². The molecule has 2 heterocycles. The molecule has 0 spiro atoms. The molecule has 1 saturated heterocycles. The lowest BCUT2D eigenvalue weighted by molar-refractivity contribution is 0.0908. The zero-order valence-electron chi connectivity index (χ0n) is 20.6. The van der Waals surface area contributed by atoms with Crippen LogP contribution in [0.5, 0.6) is 0 Å². The second kappa shape index (κ2) is 13.8. The van der Waals surface area contributed by atoms with Gasteiger partial charge in [0.05, 0.1) is 0 Å². The van der Waals surface area contributed by atoms with Crippen LogP contribution in [0.1, 0.15) is 50.0 Å². The number of nitrogens with two attached hydrogens (primary N) is 1. The van der Waals surface area contributed by atoms with Crippen molar-refractivity contribution in [3.63, 3.8) is 0 Å². The number of likely N-dealkylation sites (tertiary alicyclic amines) is 1. The number of aromatic nitrogens is 1. The number of nitrogens with zero attached hydrogens (tertiary/aromatic N) is 2. The van der Waals surface area contributed by atoms with Crippen molar-refractivity contribution >= 4 is 28.4 Å². The monoisotopic (exact) mass is 482 g/mol. The fraction of sp³-hybridized carbons (Fsp3) is 0.393. The van der Waals surface area contributed by atoms with Crippen molar-refractivity contribution in [3.8, 4) is 0 Å². The lowest BCUT2D eigenvalue weighted by Crippen LogP contribution is -2.46. The molecular weight excluding hydrogens is 444 g/mol. The number of hydrogen-bond donors (Lipinski definition) is 2. The maximum Gasteiger partial charge on any atom is 0.268 e. The molecule has 1 aromatic carbocycles. The van der Waals surface area contributed by atoms with Crippen LogP contribution in [0.4, 0.5) is 0 Å². The predicted octanol–water partition coefficient (Wildman–Crippen LogP) is 5.98. The number of benzene rings is 1. The van der Waals surface area contributed by atoms with Crippen LogP contribution in [0, 0.1) is 0 Å². The number of piperidine rings is 1. The first-order valence-electron chi connectivity index (χ1n) is 12.0. The molecule has 1 atom stereocenters. The molecule has 1 aromatic heterocycles. The normalized spacial score (nSPS) is 15.8. The van der Waals surface area contributed by atoms with Crippen LogP contribution in [0.25, 0.3) is 10.9 Å². The molecule has 0 bridgehead atoms. The smallest absolute Gasteiger partial charge is 0.268 e. The van der Waals surface area contributed by atoms with E-state index in [0.717, 1.165) is 61.9 Å². The van der Waals surface area contributed by atoms with Gasteiger partial charge < -0.3 is 20.5 Å². The zero-order chi connectivity index (χ0) is 25.1. The fourth-order valence-corrected chi connectivity index (χ4v) is 4.58. The molecule has 1 unspecified atom stereocenters. The number of rotatable bonds is 9. The van der Waals surface area contributed by atoms with Gasteiger partial charge in [-0.1, -0.05) is 48.5 Å². The average molecular weight is 483 g/mol. The third-order valence-electron chi connectivity index (χ3n) is 6.05. The number of aryl methyl sites for hydroxylation is 1. The highest BCUT2D eigenvalue weighted by atomic mass is 35.5. The minimum Gasteiger partial charge on any atom is -0.374 e. The Kier molecular flexibility index (Phi) is 11.2. The summed E-state index contributed by atoms with van der Waals surface area (Å²) in [6.45, 7) is 16.3. The lowest BCUT2D eigenvalue weighted by atomic mass is 10.0. The topological polar surface area (TPSA) is 63.3 Å². The minimum absolute atomic E-state index is 0.00257. The minimum atomic E-state index is 0.00257. The Morgan fingerprint density at radius 3 is 2.59 bits per heavy atom. The van der Waals surface area contributed by atoms with E-state index in [1.165, 1.54) is 5.70 Å². The first-order chi connectivity index (χ1) is 16.4. The summed E-state index contributed by atoms with van der Waals surface area (Å²) >= 11 is 5.79. The molecule has 2 aromatic rings. The number of amides is 1. The molecule has 1 amide bonds. The van der Waals surface area contributed by atoms with Gasteiger partial charge in [0, 0.05) is 53.4 Å². The molecule has 3 N–H and O–H groups in total. The van der Waals surface area contributed by atoms with Gasteiger partial charge >= 0.3 is 0 Å². The number of para-hydroxylation sites is 1. The van der Waals surface area contributed by atoms with Gasteiger partial charge in [-0.2, -0.15) is 0 Å². The standard InChI is InChI=1S/C26H35ClN4O.C2H4/c1-4-23(20(3)28)30-16-13-22(14-17-30)29-26(32)25-18-21-11-7-8-12-24(21)31(25)15-9-5-6-10-19(2)27;1-2/h4,6-8,10-12,18,20,22H,2,5,9,13-17,28H2,1,3H3,(H,29,32);1-2H2/b10-6-,23-4+;. The number of fused-ring (bicyclic) bond motifs is 1. The third kappa shape index (κ3) is 7.37.